The van der Waals surface area contributed by atoms with Gasteiger partial charge in [0.15, 0.2) is 0 Å². The van der Waals surface area contributed by atoms with Gasteiger partial charge in [-0.1, -0.05) is 91.0 Å². The molecule has 0 saturated carbocycles. The molecule has 5 aromatic carbocycles. The number of aromatic amines is 1. The van der Waals surface area contributed by atoms with E-state index in [0.29, 0.717) is 43.6 Å². The molecule has 1 atom stereocenters. The van der Waals surface area contributed by atoms with Gasteiger partial charge in [0.1, 0.15) is 11.9 Å². The number of amides is 3. The van der Waals surface area contributed by atoms with Crippen molar-refractivity contribution in [2.45, 2.75) is 64.1 Å². The van der Waals surface area contributed by atoms with Crippen LogP contribution in [0, 0.1) is 0 Å². The Labute approximate surface area is 368 Å². The Hall–Kier alpha value is -6.76. The van der Waals surface area contributed by atoms with Crippen molar-refractivity contribution in [2.75, 3.05) is 43.4 Å². The molecule has 0 aliphatic carbocycles. The Balaban J connectivity index is 0.769. The number of hydrogen-bond donors (Lipinski definition) is 5. The van der Waals surface area contributed by atoms with Crippen LogP contribution in [0.5, 0.6) is 5.75 Å². The average Bonchev–Trinajstić information content (AvgIpc) is 3.29. The molecule has 12 heteroatoms. The van der Waals surface area contributed by atoms with Crippen LogP contribution in [0.4, 0.5) is 16.2 Å². The molecule has 3 amide bonds. The number of nitrogens with one attached hydrogen (secondary N) is 4. The van der Waals surface area contributed by atoms with Gasteiger partial charge in [-0.05, 0) is 97.3 Å². The van der Waals surface area contributed by atoms with Crippen molar-refractivity contribution < 1.29 is 24.2 Å². The minimum Gasteiger partial charge on any atom is -0.506 e. The van der Waals surface area contributed by atoms with Crippen molar-refractivity contribution in [3.05, 3.63) is 160 Å². The molecule has 0 bridgehead atoms. The lowest BCUT2D eigenvalue weighted by atomic mass is 10.0. The van der Waals surface area contributed by atoms with Gasteiger partial charge in [0.05, 0.1) is 17.6 Å². The summed E-state index contributed by atoms with van der Waals surface area (Å²) < 4.78 is 5.78. The largest absolute Gasteiger partial charge is 0.506 e. The van der Waals surface area contributed by atoms with Gasteiger partial charge in [0.2, 0.25) is 17.4 Å². The molecule has 7 rings (SSSR count). The van der Waals surface area contributed by atoms with Crippen LogP contribution in [-0.4, -0.2) is 78.3 Å². The lowest BCUT2D eigenvalue weighted by Crippen LogP contribution is -2.40. The van der Waals surface area contributed by atoms with Crippen LogP contribution in [-0.2, 0) is 40.1 Å². The van der Waals surface area contributed by atoms with E-state index in [2.05, 4.69) is 44.9 Å². The number of phenols is 1. The summed E-state index contributed by atoms with van der Waals surface area (Å²) >= 11 is 0. The molecule has 1 aromatic heterocycles. The minimum absolute atomic E-state index is 0.00639. The molecule has 0 radical (unpaired) electrons. The third-order valence-electron chi connectivity index (χ3n) is 11.7. The highest BCUT2D eigenvalue weighted by atomic mass is 16.6. The number of carbonyl (C=O) groups excluding carboxylic acids is 3. The van der Waals surface area contributed by atoms with Crippen LogP contribution in [0.15, 0.2) is 132 Å². The molecule has 1 aliphatic heterocycles. The van der Waals surface area contributed by atoms with E-state index < -0.39 is 6.09 Å². The first kappa shape index (κ1) is 44.3. The van der Waals surface area contributed by atoms with Gasteiger partial charge >= 0.3 is 6.09 Å². The van der Waals surface area contributed by atoms with Gasteiger partial charge in [0.25, 0.3) is 0 Å². The fraction of sp³-hybridized carbons (Fsp3) is 0.294. The molecular weight excluding hydrogens is 793 g/mol. The molecule has 1 fully saturated rings. The molecule has 12 nitrogen and oxygen atoms in total. The predicted octanol–water partition coefficient (Wildman–Crippen LogP) is 7.59. The first-order valence-electron chi connectivity index (χ1n) is 21.7. The maximum Gasteiger partial charge on any atom is 0.411 e. The van der Waals surface area contributed by atoms with E-state index in [4.69, 9.17) is 4.74 Å². The van der Waals surface area contributed by atoms with E-state index in [1.54, 1.807) is 24.1 Å². The molecule has 1 aliphatic rings. The van der Waals surface area contributed by atoms with E-state index in [9.17, 15) is 24.3 Å². The van der Waals surface area contributed by atoms with E-state index in [-0.39, 0.29) is 41.7 Å². The molecular formula is C51H56N6O6. The Morgan fingerprint density at radius 1 is 0.841 bits per heavy atom. The number of anilines is 2. The number of phenolic OH excluding ortho intramolecular Hbond substituents is 1. The predicted molar refractivity (Wildman–Crippen MR) is 249 cm³/mol. The van der Waals surface area contributed by atoms with Crippen molar-refractivity contribution in [3.8, 4) is 16.9 Å². The van der Waals surface area contributed by atoms with Gasteiger partial charge in [-0.15, -0.1) is 0 Å². The summed E-state index contributed by atoms with van der Waals surface area (Å²) in [6.45, 7) is 5.42. The zero-order valence-electron chi connectivity index (χ0n) is 35.9. The number of fused-ring (bicyclic) bond motifs is 1. The number of piperidine rings is 1. The maximum absolute atomic E-state index is 13.1. The number of ether oxygens (including phenoxy) is 1. The number of H-pyrrole nitrogens is 1. The molecule has 5 N–H and O–H groups in total. The fourth-order valence-corrected chi connectivity index (χ4v) is 8.04. The lowest BCUT2D eigenvalue weighted by molar-refractivity contribution is -0.120. The Bertz CT molecular complexity index is 2540. The molecule has 1 unspecified atom stereocenters. The summed E-state index contributed by atoms with van der Waals surface area (Å²) in [4.78, 5) is 57.1. The normalized spacial score (nSPS) is 13.6. The second-order valence-electron chi connectivity index (χ2n) is 16.3. The van der Waals surface area contributed by atoms with Crippen LogP contribution < -0.4 is 26.4 Å². The number of pyridine rings is 1. The van der Waals surface area contributed by atoms with Crippen LogP contribution in [0.25, 0.3) is 22.0 Å². The number of aromatic hydroxyl groups is 1. The topological polar surface area (TPSA) is 156 Å². The van der Waals surface area contributed by atoms with Crippen LogP contribution in [0.3, 0.4) is 0 Å². The Morgan fingerprint density at radius 2 is 1.54 bits per heavy atom. The van der Waals surface area contributed by atoms with Crippen LogP contribution in [0.1, 0.15) is 48.4 Å². The highest BCUT2D eigenvalue weighted by Gasteiger charge is 2.24. The zero-order valence-corrected chi connectivity index (χ0v) is 35.9. The Kier molecular flexibility index (Phi) is 15.0. The summed E-state index contributed by atoms with van der Waals surface area (Å²) in [7, 11) is 1.77. The second-order valence-corrected chi connectivity index (χ2v) is 16.3. The summed E-state index contributed by atoms with van der Waals surface area (Å²) in [6, 6.07) is 40.4. The number of likely N-dealkylation sites (tertiary alicyclic amines) is 1. The van der Waals surface area contributed by atoms with Gasteiger partial charge in [0, 0.05) is 68.4 Å². The highest BCUT2D eigenvalue weighted by molar-refractivity contribution is 5.93. The van der Waals surface area contributed by atoms with Crippen molar-refractivity contribution in [1.29, 1.82) is 0 Å². The smallest absolute Gasteiger partial charge is 0.411 e. The van der Waals surface area contributed by atoms with Gasteiger partial charge < -0.3 is 35.3 Å². The maximum atomic E-state index is 13.1. The number of nitrogens with zero attached hydrogens (tertiary/aromatic N) is 2. The molecule has 1 saturated heterocycles. The number of aromatic nitrogens is 1. The summed E-state index contributed by atoms with van der Waals surface area (Å²) in [5.41, 5.74) is 7.77. The second kappa shape index (κ2) is 21.4. The van der Waals surface area contributed by atoms with Crippen LogP contribution >= 0.6 is 0 Å². The SMILES string of the molecule is CC(Cc1ccc(CNC(=O)Cc2ccc(N(C)C(=O)CCN3CCC(OC(=O)Nc4ccccc4-c4ccccc4)CC3)cc2)cc1)NCCc1ccc(O)c2[nH]c(=O)ccc12. The quantitative estimate of drug-likeness (QED) is 0.0629. The van der Waals surface area contributed by atoms with Gasteiger partial charge in [-0.2, -0.15) is 0 Å². The molecule has 0 spiro atoms. The van der Waals surface area contributed by atoms with Crippen molar-refractivity contribution in [1.82, 2.24) is 20.5 Å². The number of carbonyl (C=O) groups is 3. The lowest BCUT2D eigenvalue weighted by Gasteiger charge is -2.31. The number of rotatable bonds is 17. The van der Waals surface area contributed by atoms with Crippen molar-refractivity contribution >= 4 is 40.2 Å². The highest BCUT2D eigenvalue weighted by Crippen LogP contribution is 2.28. The monoisotopic (exact) mass is 848 g/mol. The fourth-order valence-electron chi connectivity index (χ4n) is 8.04. The summed E-state index contributed by atoms with van der Waals surface area (Å²) in [6.07, 6.45) is 2.96. The van der Waals surface area contributed by atoms with E-state index in [1.165, 1.54) is 11.6 Å². The number of para-hydroxylation sites is 1. The van der Waals surface area contributed by atoms with Crippen molar-refractivity contribution in [2.24, 2.45) is 0 Å². The molecule has 326 valence electrons. The third kappa shape index (κ3) is 12.4. The average molecular weight is 849 g/mol. The summed E-state index contributed by atoms with van der Waals surface area (Å²) in [5.74, 6) is -0.00597. The first-order valence-corrected chi connectivity index (χ1v) is 21.7. The van der Waals surface area contributed by atoms with E-state index in [1.807, 2.05) is 97.1 Å². The zero-order chi connectivity index (χ0) is 44.1. The standard InChI is InChI=1S/C51H56N6O6/c1-35(52-28-24-40-18-22-46(58)50-44(40)21-23-47(59)55-50)32-36-12-14-38(15-13-36)34-53-48(60)33-37-16-19-41(20-17-37)56(2)49(61)27-31-57-29-25-42(26-30-57)63-51(62)54-45-11-7-6-10-43(45)39-8-4-3-5-9-39/h3-23,35,42,52,58H,24-34H2,1-2H3,(H,53,60)(H,54,62)(H,55,59). The molecule has 6 aromatic rings. The van der Waals surface area contributed by atoms with E-state index in [0.717, 1.165) is 71.4 Å². The number of benzene rings is 5. The van der Waals surface area contributed by atoms with E-state index >= 15 is 0 Å². The van der Waals surface area contributed by atoms with Gasteiger partial charge in [-0.25, -0.2) is 4.79 Å². The minimum atomic E-state index is -0.463. The van der Waals surface area contributed by atoms with Crippen molar-refractivity contribution in [3.63, 3.8) is 0 Å². The first-order chi connectivity index (χ1) is 30.6. The Morgan fingerprint density at radius 3 is 2.30 bits per heavy atom. The molecule has 63 heavy (non-hydrogen) atoms. The third-order valence-corrected chi connectivity index (χ3v) is 11.7. The van der Waals surface area contributed by atoms with Gasteiger partial charge in [-0.3, -0.25) is 19.7 Å². The number of hydrogen-bond acceptors (Lipinski definition) is 8. The molecule has 2 heterocycles. The summed E-state index contributed by atoms with van der Waals surface area (Å²) in [5, 5.41) is 20.5. The van der Waals surface area contributed by atoms with Crippen LogP contribution in [0.2, 0.25) is 0 Å².